The number of nitro groups is 1. The largest absolute Gasteiger partial charge is 0.278 e. The molecule has 0 saturated heterocycles. The van der Waals surface area contributed by atoms with Crippen molar-refractivity contribution in [3.05, 3.63) is 70.5 Å². The molecule has 2 aromatic rings. The lowest BCUT2D eigenvalue weighted by molar-refractivity contribution is -0.688. The number of rotatable bonds is 3. The topological polar surface area (TPSA) is 47.0 Å². The summed E-state index contributed by atoms with van der Waals surface area (Å²) >= 11 is 0. The first kappa shape index (κ1) is 10.3. The van der Waals surface area contributed by atoms with Crippen molar-refractivity contribution in [1.82, 2.24) is 0 Å². The number of hydrogen-bond acceptors (Lipinski definition) is 2. The third-order valence-electron chi connectivity index (χ3n) is 2.32. The molecule has 0 fully saturated rings. The molecule has 0 unspecified atom stereocenters. The highest BCUT2D eigenvalue weighted by molar-refractivity contribution is 5.38. The van der Waals surface area contributed by atoms with E-state index in [2.05, 4.69) is 0 Å². The molecule has 0 N–H and O–H groups in total. The Balaban J connectivity index is 2.31. The second kappa shape index (κ2) is 4.53. The van der Waals surface area contributed by atoms with Crippen LogP contribution in [-0.4, -0.2) is 4.92 Å². The maximum atomic E-state index is 10.8. The molecular weight excluding hydrogens is 204 g/mol. The Labute approximate surface area is 92.9 Å². The van der Waals surface area contributed by atoms with Gasteiger partial charge in [0.2, 0.25) is 0 Å². The lowest BCUT2D eigenvalue weighted by Gasteiger charge is -1.98. The third kappa shape index (κ3) is 2.23. The minimum Gasteiger partial charge on any atom is -0.258 e. The summed E-state index contributed by atoms with van der Waals surface area (Å²) in [6, 6.07) is 12.5. The van der Waals surface area contributed by atoms with Gasteiger partial charge in [-0.25, -0.2) is 4.57 Å². The van der Waals surface area contributed by atoms with Crippen molar-refractivity contribution in [2.24, 2.45) is 0 Å². The van der Waals surface area contributed by atoms with E-state index < -0.39 is 0 Å². The van der Waals surface area contributed by atoms with Gasteiger partial charge < -0.3 is 0 Å². The van der Waals surface area contributed by atoms with Crippen LogP contribution in [0.1, 0.15) is 5.56 Å². The monoisotopic (exact) mass is 215 g/mol. The summed E-state index contributed by atoms with van der Waals surface area (Å²) in [5, 5.41) is 10.8. The van der Waals surface area contributed by atoms with E-state index in [9.17, 15) is 10.1 Å². The van der Waals surface area contributed by atoms with Gasteiger partial charge in [-0.05, 0) is 6.07 Å². The molecule has 0 saturated carbocycles. The lowest BCUT2D eigenvalue weighted by atomic mass is 10.2. The van der Waals surface area contributed by atoms with Gasteiger partial charge in [0, 0.05) is 18.2 Å². The van der Waals surface area contributed by atoms with Crippen molar-refractivity contribution in [2.75, 3.05) is 0 Å². The SMILES string of the molecule is O=[N+]([O-])c1ccccc1C[n+]1ccccc1. The lowest BCUT2D eigenvalue weighted by Crippen LogP contribution is -2.33. The van der Waals surface area contributed by atoms with Gasteiger partial charge in [-0.15, -0.1) is 0 Å². The highest BCUT2D eigenvalue weighted by Gasteiger charge is 2.15. The van der Waals surface area contributed by atoms with Crippen molar-refractivity contribution in [1.29, 1.82) is 0 Å². The molecule has 0 aliphatic heterocycles. The summed E-state index contributed by atoms with van der Waals surface area (Å²) in [7, 11) is 0. The van der Waals surface area contributed by atoms with Gasteiger partial charge in [0.05, 0.1) is 10.5 Å². The molecule has 0 radical (unpaired) electrons. The van der Waals surface area contributed by atoms with Crippen LogP contribution in [0, 0.1) is 10.1 Å². The summed E-state index contributed by atoms with van der Waals surface area (Å²) in [5.74, 6) is 0. The molecule has 1 aromatic heterocycles. The zero-order valence-corrected chi connectivity index (χ0v) is 8.61. The van der Waals surface area contributed by atoms with Crippen LogP contribution in [0.2, 0.25) is 0 Å². The minimum absolute atomic E-state index is 0.166. The van der Waals surface area contributed by atoms with Crippen LogP contribution in [0.4, 0.5) is 5.69 Å². The van der Waals surface area contributed by atoms with Crippen LogP contribution in [0.15, 0.2) is 54.9 Å². The minimum atomic E-state index is -0.348. The highest BCUT2D eigenvalue weighted by atomic mass is 16.6. The van der Waals surface area contributed by atoms with Crippen molar-refractivity contribution >= 4 is 5.69 Å². The van der Waals surface area contributed by atoms with Gasteiger partial charge in [0.1, 0.15) is 0 Å². The van der Waals surface area contributed by atoms with Gasteiger partial charge >= 0.3 is 0 Å². The number of pyridine rings is 1. The third-order valence-corrected chi connectivity index (χ3v) is 2.32. The predicted octanol–water partition coefficient (Wildman–Crippen LogP) is 1.93. The van der Waals surface area contributed by atoms with E-state index in [1.54, 1.807) is 12.1 Å². The average Bonchev–Trinajstić information content (AvgIpc) is 2.31. The average molecular weight is 215 g/mol. The van der Waals surface area contributed by atoms with E-state index in [0.29, 0.717) is 12.1 Å². The molecule has 4 nitrogen and oxygen atoms in total. The van der Waals surface area contributed by atoms with E-state index >= 15 is 0 Å². The second-order valence-electron chi connectivity index (χ2n) is 3.43. The number of benzene rings is 1. The maximum Gasteiger partial charge on any atom is 0.278 e. The van der Waals surface area contributed by atoms with Gasteiger partial charge in [-0.2, -0.15) is 0 Å². The van der Waals surface area contributed by atoms with Crippen LogP contribution >= 0.6 is 0 Å². The van der Waals surface area contributed by atoms with Crippen LogP contribution in [0.5, 0.6) is 0 Å². The van der Waals surface area contributed by atoms with E-state index in [-0.39, 0.29) is 10.6 Å². The fourth-order valence-corrected chi connectivity index (χ4v) is 1.56. The zero-order chi connectivity index (χ0) is 11.4. The molecule has 0 amide bonds. The summed E-state index contributed by atoms with van der Waals surface area (Å²) in [4.78, 5) is 10.5. The van der Waals surface area contributed by atoms with Gasteiger partial charge in [-0.1, -0.05) is 18.2 Å². The first-order valence-corrected chi connectivity index (χ1v) is 4.94. The number of nitrogens with zero attached hydrogens (tertiary/aromatic N) is 2. The van der Waals surface area contributed by atoms with Crippen LogP contribution < -0.4 is 4.57 Å². The van der Waals surface area contributed by atoms with Crippen LogP contribution in [0.3, 0.4) is 0 Å². The quantitative estimate of drug-likeness (QED) is 0.446. The number of hydrogen-bond donors (Lipinski definition) is 0. The molecule has 0 aliphatic rings. The fraction of sp³-hybridized carbons (Fsp3) is 0.0833. The summed E-state index contributed by atoms with van der Waals surface area (Å²) in [6.45, 7) is 0.512. The molecule has 0 atom stereocenters. The summed E-state index contributed by atoms with van der Waals surface area (Å²) in [6.07, 6.45) is 3.77. The number of para-hydroxylation sites is 1. The summed E-state index contributed by atoms with van der Waals surface area (Å²) < 4.78 is 1.91. The molecular formula is C12H11N2O2+. The molecule has 2 rings (SSSR count). The molecule has 1 heterocycles. The van der Waals surface area contributed by atoms with Gasteiger partial charge in [-0.3, -0.25) is 10.1 Å². The predicted molar refractivity (Wildman–Crippen MR) is 58.8 cm³/mol. The van der Waals surface area contributed by atoms with E-state index in [4.69, 9.17) is 0 Å². The Morgan fingerprint density at radius 1 is 1.06 bits per heavy atom. The Bertz CT molecular complexity index is 497. The molecule has 1 aromatic carbocycles. The van der Waals surface area contributed by atoms with E-state index in [0.717, 1.165) is 0 Å². The van der Waals surface area contributed by atoms with Gasteiger partial charge in [0.15, 0.2) is 18.9 Å². The normalized spacial score (nSPS) is 10.0. The smallest absolute Gasteiger partial charge is 0.258 e. The van der Waals surface area contributed by atoms with E-state index in [1.165, 1.54) is 6.07 Å². The van der Waals surface area contributed by atoms with Crippen molar-refractivity contribution in [2.45, 2.75) is 6.54 Å². The number of aromatic nitrogens is 1. The first-order chi connectivity index (χ1) is 7.77. The molecule has 0 aliphatic carbocycles. The maximum absolute atomic E-state index is 10.8. The first-order valence-electron chi connectivity index (χ1n) is 4.94. The van der Waals surface area contributed by atoms with Gasteiger partial charge in [0.25, 0.3) is 5.69 Å². The number of nitro benzene ring substituents is 1. The van der Waals surface area contributed by atoms with Crippen LogP contribution in [-0.2, 0) is 6.54 Å². The second-order valence-corrected chi connectivity index (χ2v) is 3.43. The molecule has 0 bridgehead atoms. The van der Waals surface area contributed by atoms with Crippen LogP contribution in [0.25, 0.3) is 0 Å². The molecule has 0 spiro atoms. The molecule has 4 heteroatoms. The van der Waals surface area contributed by atoms with Crippen molar-refractivity contribution in [3.8, 4) is 0 Å². The van der Waals surface area contributed by atoms with Crippen molar-refractivity contribution < 1.29 is 9.49 Å². The molecule has 16 heavy (non-hydrogen) atoms. The summed E-state index contributed by atoms with van der Waals surface area (Å²) in [5.41, 5.74) is 0.877. The Kier molecular flexibility index (Phi) is 2.91. The Morgan fingerprint density at radius 3 is 2.44 bits per heavy atom. The van der Waals surface area contributed by atoms with Crippen molar-refractivity contribution in [3.63, 3.8) is 0 Å². The standard InChI is InChI=1S/C12H11N2O2/c15-14(16)12-7-3-2-6-11(12)10-13-8-4-1-5-9-13/h1-9H,10H2/q+1. The molecule has 80 valence electrons. The Morgan fingerprint density at radius 2 is 1.75 bits per heavy atom. The highest BCUT2D eigenvalue weighted by Crippen LogP contribution is 2.16. The zero-order valence-electron chi connectivity index (χ0n) is 8.61. The Hall–Kier alpha value is -2.23. The fourth-order valence-electron chi connectivity index (χ4n) is 1.56. The van der Waals surface area contributed by atoms with E-state index in [1.807, 2.05) is 41.2 Å².